The second kappa shape index (κ2) is 5.75. The summed E-state index contributed by atoms with van der Waals surface area (Å²) < 4.78 is 13.7. The van der Waals surface area contributed by atoms with E-state index in [0.29, 0.717) is 24.2 Å². The summed E-state index contributed by atoms with van der Waals surface area (Å²) in [5.41, 5.74) is 6.18. The fraction of sp³-hybridized carbons (Fsp3) is 0.417. The molecule has 5 heteroatoms. The first-order chi connectivity index (χ1) is 7.90. The van der Waals surface area contributed by atoms with Crippen LogP contribution in [-0.2, 0) is 6.54 Å². The minimum absolute atomic E-state index is 0.146. The topological polar surface area (TPSA) is 73.3 Å². The third-order valence-electron chi connectivity index (χ3n) is 2.38. The number of hydrogen-bond donors (Lipinski definition) is 3. The maximum absolute atomic E-state index is 13.7. The van der Waals surface area contributed by atoms with Crippen molar-refractivity contribution in [1.82, 2.24) is 4.90 Å². The van der Waals surface area contributed by atoms with Gasteiger partial charge >= 0.3 is 0 Å². The van der Waals surface area contributed by atoms with Crippen LogP contribution in [0, 0.1) is 11.2 Å². The minimum atomic E-state index is -0.445. The number of rotatable bonds is 5. The van der Waals surface area contributed by atoms with Crippen LogP contribution in [0.15, 0.2) is 18.2 Å². The Hall–Kier alpha value is -1.46. The van der Waals surface area contributed by atoms with E-state index in [1.54, 1.807) is 19.1 Å². The lowest BCUT2D eigenvalue weighted by Gasteiger charge is -2.18. The maximum atomic E-state index is 13.7. The summed E-state index contributed by atoms with van der Waals surface area (Å²) in [6.45, 7) is 2.58. The quantitative estimate of drug-likeness (QED) is 0.528. The highest BCUT2D eigenvalue weighted by Gasteiger charge is 2.09. The van der Waals surface area contributed by atoms with Crippen LogP contribution >= 0.6 is 0 Å². The van der Waals surface area contributed by atoms with E-state index < -0.39 is 6.10 Å². The van der Waals surface area contributed by atoms with Gasteiger partial charge in [0.2, 0.25) is 0 Å². The second-order valence-corrected chi connectivity index (χ2v) is 4.27. The summed E-state index contributed by atoms with van der Waals surface area (Å²) >= 11 is 0. The van der Waals surface area contributed by atoms with E-state index in [4.69, 9.17) is 11.1 Å². The Labute approximate surface area is 100 Å². The SMILES string of the molecule is CC(O)CN(C)Cc1ccc(C(=N)N)cc1F. The molecule has 94 valence electrons. The third kappa shape index (κ3) is 4.13. The second-order valence-electron chi connectivity index (χ2n) is 4.27. The van der Waals surface area contributed by atoms with Gasteiger partial charge in [0.1, 0.15) is 11.7 Å². The zero-order valence-corrected chi connectivity index (χ0v) is 10.1. The predicted octanol–water partition coefficient (Wildman–Crippen LogP) is 0.922. The Kier molecular flexibility index (Phi) is 4.60. The van der Waals surface area contributed by atoms with Crippen molar-refractivity contribution in [2.45, 2.75) is 19.6 Å². The molecule has 1 atom stereocenters. The van der Waals surface area contributed by atoms with Gasteiger partial charge in [-0.3, -0.25) is 10.3 Å². The molecule has 1 aromatic rings. The summed E-state index contributed by atoms with van der Waals surface area (Å²) in [6, 6.07) is 4.50. The van der Waals surface area contributed by atoms with E-state index in [2.05, 4.69) is 0 Å². The molecular weight excluding hydrogens is 221 g/mol. The number of nitrogen functional groups attached to an aromatic ring is 1. The molecule has 0 bridgehead atoms. The molecule has 0 aliphatic rings. The largest absolute Gasteiger partial charge is 0.392 e. The molecule has 0 aliphatic carbocycles. The van der Waals surface area contributed by atoms with Crippen LogP contribution in [0.4, 0.5) is 4.39 Å². The highest BCUT2D eigenvalue weighted by molar-refractivity contribution is 5.94. The Balaban J connectivity index is 2.75. The summed E-state index contributed by atoms with van der Waals surface area (Å²) in [5, 5.41) is 16.4. The number of aliphatic hydroxyl groups excluding tert-OH is 1. The first-order valence-electron chi connectivity index (χ1n) is 5.39. The number of aliphatic hydroxyl groups is 1. The van der Waals surface area contributed by atoms with E-state index in [9.17, 15) is 9.50 Å². The number of hydrogen-bond acceptors (Lipinski definition) is 3. The summed E-state index contributed by atoms with van der Waals surface area (Å²) in [6.07, 6.45) is -0.445. The molecule has 0 aromatic heterocycles. The molecule has 0 aliphatic heterocycles. The molecule has 0 spiro atoms. The average molecular weight is 239 g/mol. The number of nitrogens with zero attached hydrogens (tertiary/aromatic N) is 1. The van der Waals surface area contributed by atoms with Gasteiger partial charge in [-0.25, -0.2) is 4.39 Å². The average Bonchev–Trinajstić information content (AvgIpc) is 2.19. The maximum Gasteiger partial charge on any atom is 0.128 e. The highest BCUT2D eigenvalue weighted by atomic mass is 19.1. The molecular formula is C12H18FN3O. The third-order valence-corrected chi connectivity index (χ3v) is 2.38. The van der Waals surface area contributed by atoms with E-state index in [-0.39, 0.29) is 11.7 Å². The number of halogens is 1. The van der Waals surface area contributed by atoms with Gasteiger partial charge in [-0.1, -0.05) is 12.1 Å². The number of likely N-dealkylation sites (N-methyl/N-ethyl adjacent to an activating group) is 1. The molecule has 4 N–H and O–H groups in total. The number of nitrogens with two attached hydrogens (primary N) is 1. The van der Waals surface area contributed by atoms with E-state index in [1.165, 1.54) is 6.07 Å². The summed E-state index contributed by atoms with van der Waals surface area (Å²) in [4.78, 5) is 1.83. The Morgan fingerprint density at radius 3 is 2.71 bits per heavy atom. The van der Waals surface area contributed by atoms with Crippen molar-refractivity contribution >= 4 is 5.84 Å². The smallest absolute Gasteiger partial charge is 0.128 e. The molecule has 0 radical (unpaired) electrons. The van der Waals surface area contributed by atoms with Crippen molar-refractivity contribution in [2.24, 2.45) is 5.73 Å². The molecule has 17 heavy (non-hydrogen) atoms. The molecule has 4 nitrogen and oxygen atoms in total. The van der Waals surface area contributed by atoms with E-state index in [0.717, 1.165) is 0 Å². The van der Waals surface area contributed by atoms with Crippen LogP contribution in [0.25, 0.3) is 0 Å². The monoisotopic (exact) mass is 239 g/mol. The van der Waals surface area contributed by atoms with Crippen LogP contribution < -0.4 is 5.73 Å². The first-order valence-corrected chi connectivity index (χ1v) is 5.39. The normalized spacial score (nSPS) is 12.8. The number of benzene rings is 1. The molecule has 0 amide bonds. The van der Waals surface area contributed by atoms with Gasteiger partial charge in [0.15, 0.2) is 0 Å². The fourth-order valence-corrected chi connectivity index (χ4v) is 1.65. The van der Waals surface area contributed by atoms with Crippen LogP contribution in [0.2, 0.25) is 0 Å². The summed E-state index contributed by atoms with van der Waals surface area (Å²) in [5.74, 6) is -0.525. The van der Waals surface area contributed by atoms with Gasteiger partial charge in [0.25, 0.3) is 0 Å². The van der Waals surface area contributed by atoms with Gasteiger partial charge in [-0.05, 0) is 20.0 Å². The zero-order valence-electron chi connectivity index (χ0n) is 10.1. The highest BCUT2D eigenvalue weighted by Crippen LogP contribution is 2.12. The molecule has 1 unspecified atom stereocenters. The predicted molar refractivity (Wildman–Crippen MR) is 65.4 cm³/mol. The summed E-state index contributed by atoms with van der Waals surface area (Å²) in [7, 11) is 1.81. The number of amidine groups is 1. The van der Waals surface area contributed by atoms with Gasteiger partial charge in [-0.2, -0.15) is 0 Å². The molecule has 1 aromatic carbocycles. The van der Waals surface area contributed by atoms with Crippen molar-refractivity contribution in [3.05, 3.63) is 35.1 Å². The van der Waals surface area contributed by atoms with Crippen LogP contribution in [0.5, 0.6) is 0 Å². The van der Waals surface area contributed by atoms with Gasteiger partial charge in [-0.15, -0.1) is 0 Å². The molecule has 0 fully saturated rings. The lowest BCUT2D eigenvalue weighted by Crippen LogP contribution is -2.27. The van der Waals surface area contributed by atoms with Crippen molar-refractivity contribution in [1.29, 1.82) is 5.41 Å². The lowest BCUT2D eigenvalue weighted by molar-refractivity contribution is 0.137. The Morgan fingerprint density at radius 1 is 1.59 bits per heavy atom. The van der Waals surface area contributed by atoms with Gasteiger partial charge < -0.3 is 10.8 Å². The van der Waals surface area contributed by atoms with Crippen LogP contribution in [0.1, 0.15) is 18.1 Å². The van der Waals surface area contributed by atoms with Crippen molar-refractivity contribution in [3.63, 3.8) is 0 Å². The van der Waals surface area contributed by atoms with Crippen LogP contribution in [0.3, 0.4) is 0 Å². The van der Waals surface area contributed by atoms with Gasteiger partial charge in [0.05, 0.1) is 6.10 Å². The van der Waals surface area contributed by atoms with Gasteiger partial charge in [0, 0.05) is 24.2 Å². The Morgan fingerprint density at radius 2 is 2.24 bits per heavy atom. The molecule has 0 saturated carbocycles. The Bertz CT molecular complexity index is 407. The van der Waals surface area contributed by atoms with E-state index >= 15 is 0 Å². The molecule has 1 rings (SSSR count). The standard InChI is InChI=1S/C12H18FN3O/c1-8(17)6-16(2)7-10-4-3-9(12(14)15)5-11(10)13/h3-5,8,17H,6-7H2,1-2H3,(H3,14,15). The fourth-order valence-electron chi connectivity index (χ4n) is 1.65. The van der Waals surface area contributed by atoms with Crippen molar-refractivity contribution in [2.75, 3.05) is 13.6 Å². The molecule has 0 heterocycles. The van der Waals surface area contributed by atoms with E-state index in [1.807, 2.05) is 11.9 Å². The first kappa shape index (κ1) is 13.6. The lowest BCUT2D eigenvalue weighted by atomic mass is 10.1. The zero-order chi connectivity index (χ0) is 13.0. The van der Waals surface area contributed by atoms with Crippen LogP contribution in [-0.4, -0.2) is 35.5 Å². The number of nitrogens with one attached hydrogen (secondary N) is 1. The van der Waals surface area contributed by atoms with Crippen molar-refractivity contribution in [3.8, 4) is 0 Å². The van der Waals surface area contributed by atoms with Crippen molar-refractivity contribution < 1.29 is 9.50 Å². The minimum Gasteiger partial charge on any atom is -0.392 e. The molecule has 0 saturated heterocycles.